The third kappa shape index (κ3) is 4.19. The lowest BCUT2D eigenvalue weighted by molar-refractivity contribution is -0.118. The summed E-state index contributed by atoms with van der Waals surface area (Å²) in [7, 11) is 1.30. The Balaban J connectivity index is 2.15. The van der Waals surface area contributed by atoms with E-state index in [1.165, 1.54) is 7.11 Å². The summed E-state index contributed by atoms with van der Waals surface area (Å²) in [5.74, 6) is -0.653. The van der Waals surface area contributed by atoms with Crippen molar-refractivity contribution in [3.8, 4) is 0 Å². The second-order valence-electron chi connectivity index (χ2n) is 5.03. The van der Waals surface area contributed by atoms with Crippen LogP contribution in [0.2, 0.25) is 5.02 Å². The Morgan fingerprint density at radius 3 is 2.90 bits per heavy atom. The van der Waals surface area contributed by atoms with Gasteiger partial charge in [-0.25, -0.2) is 4.79 Å². The highest BCUT2D eigenvalue weighted by Crippen LogP contribution is 2.22. The van der Waals surface area contributed by atoms with Crippen molar-refractivity contribution in [2.24, 2.45) is 0 Å². The molecule has 1 amide bonds. The average molecular weight is 311 g/mol. The molecule has 1 heterocycles. The van der Waals surface area contributed by atoms with Crippen LogP contribution in [-0.2, 0) is 9.53 Å². The number of ether oxygens (including phenoxy) is 1. The van der Waals surface area contributed by atoms with E-state index < -0.39 is 5.97 Å². The van der Waals surface area contributed by atoms with Gasteiger partial charge in [-0.05, 0) is 37.6 Å². The van der Waals surface area contributed by atoms with Crippen molar-refractivity contribution in [2.45, 2.75) is 31.7 Å². The first-order chi connectivity index (χ1) is 10.1. The first-order valence-corrected chi connectivity index (χ1v) is 7.41. The number of anilines is 1. The molecule has 0 bridgehead atoms. The van der Waals surface area contributed by atoms with E-state index in [-0.39, 0.29) is 11.9 Å². The number of carbonyl (C=O) groups is 2. The molecular formula is C15H19ClN2O3. The van der Waals surface area contributed by atoms with Crippen LogP contribution in [0, 0.1) is 0 Å². The molecule has 1 fully saturated rings. The largest absolute Gasteiger partial charge is 0.465 e. The van der Waals surface area contributed by atoms with Crippen LogP contribution in [0.3, 0.4) is 0 Å². The molecular weight excluding hydrogens is 292 g/mol. The Morgan fingerprint density at radius 2 is 2.14 bits per heavy atom. The number of rotatable bonds is 3. The Kier molecular flexibility index (Phi) is 5.59. The van der Waals surface area contributed by atoms with Gasteiger partial charge in [0.2, 0.25) is 5.91 Å². The third-order valence-corrected chi connectivity index (χ3v) is 3.76. The zero-order valence-electron chi connectivity index (χ0n) is 11.9. The smallest absolute Gasteiger partial charge is 0.339 e. The van der Waals surface area contributed by atoms with E-state index in [4.69, 9.17) is 16.3 Å². The van der Waals surface area contributed by atoms with Gasteiger partial charge in [-0.1, -0.05) is 24.4 Å². The molecule has 1 aliphatic heterocycles. The summed E-state index contributed by atoms with van der Waals surface area (Å²) in [6.45, 7) is 0.831. The average Bonchev–Trinajstić information content (AvgIpc) is 2.76. The number of hydrogen-bond acceptors (Lipinski definition) is 4. The van der Waals surface area contributed by atoms with Gasteiger partial charge in [0, 0.05) is 5.02 Å². The molecule has 21 heavy (non-hydrogen) atoms. The number of hydrogen-bond donors (Lipinski definition) is 2. The molecule has 1 aromatic carbocycles. The van der Waals surface area contributed by atoms with Gasteiger partial charge in [0.1, 0.15) is 0 Å². The van der Waals surface area contributed by atoms with Crippen molar-refractivity contribution in [2.75, 3.05) is 19.0 Å². The van der Waals surface area contributed by atoms with Crippen molar-refractivity contribution in [1.82, 2.24) is 5.32 Å². The van der Waals surface area contributed by atoms with E-state index in [1.54, 1.807) is 18.2 Å². The minimum atomic E-state index is -0.504. The summed E-state index contributed by atoms with van der Waals surface area (Å²) in [5, 5.41) is 6.45. The summed E-state index contributed by atoms with van der Waals surface area (Å²) in [6.07, 6.45) is 4.01. The van der Waals surface area contributed by atoms with Gasteiger partial charge in [-0.2, -0.15) is 0 Å². The van der Waals surface area contributed by atoms with Crippen LogP contribution in [0.1, 0.15) is 36.0 Å². The number of halogens is 1. The van der Waals surface area contributed by atoms with Crippen molar-refractivity contribution >= 4 is 29.2 Å². The zero-order chi connectivity index (χ0) is 15.2. The molecule has 6 heteroatoms. The second-order valence-corrected chi connectivity index (χ2v) is 5.46. The van der Waals surface area contributed by atoms with Gasteiger partial charge in [0.25, 0.3) is 0 Å². The molecule has 1 aromatic rings. The molecule has 1 atom stereocenters. The molecule has 0 radical (unpaired) electrons. The Labute approximate surface area is 129 Å². The van der Waals surface area contributed by atoms with Gasteiger partial charge in [0.15, 0.2) is 0 Å². The molecule has 2 rings (SSSR count). The number of carbonyl (C=O) groups excluding carboxylic acids is 2. The molecule has 1 aliphatic rings. The normalized spacial score (nSPS) is 18.7. The third-order valence-electron chi connectivity index (χ3n) is 3.52. The highest BCUT2D eigenvalue weighted by molar-refractivity contribution is 6.31. The second kappa shape index (κ2) is 7.43. The van der Waals surface area contributed by atoms with E-state index in [9.17, 15) is 9.59 Å². The van der Waals surface area contributed by atoms with Crippen LogP contribution in [0.4, 0.5) is 5.69 Å². The van der Waals surface area contributed by atoms with Gasteiger partial charge in [-0.15, -0.1) is 0 Å². The molecule has 1 unspecified atom stereocenters. The number of methoxy groups -OCH3 is 1. The summed E-state index contributed by atoms with van der Waals surface area (Å²) in [5.41, 5.74) is 0.675. The van der Waals surface area contributed by atoms with Crippen molar-refractivity contribution in [3.63, 3.8) is 0 Å². The topological polar surface area (TPSA) is 67.4 Å². The number of nitrogens with one attached hydrogen (secondary N) is 2. The number of benzene rings is 1. The van der Waals surface area contributed by atoms with E-state index >= 15 is 0 Å². The maximum atomic E-state index is 12.3. The van der Waals surface area contributed by atoms with E-state index in [0.717, 1.165) is 32.2 Å². The first-order valence-electron chi connectivity index (χ1n) is 7.04. The first kappa shape index (κ1) is 15.8. The van der Waals surface area contributed by atoms with E-state index in [0.29, 0.717) is 16.3 Å². The standard InChI is InChI=1S/C15H19ClN2O3/c1-21-15(20)11-7-6-10(16)9-13(11)18-14(19)12-5-3-2-4-8-17-12/h6-7,9,12,17H,2-5,8H2,1H3,(H,18,19). The highest BCUT2D eigenvalue weighted by atomic mass is 35.5. The van der Waals surface area contributed by atoms with E-state index in [1.807, 2.05) is 0 Å². The summed E-state index contributed by atoms with van der Waals surface area (Å²) < 4.78 is 4.71. The van der Waals surface area contributed by atoms with Crippen LogP contribution >= 0.6 is 11.6 Å². The van der Waals surface area contributed by atoms with Gasteiger partial charge in [-0.3, -0.25) is 4.79 Å². The summed E-state index contributed by atoms with van der Waals surface area (Å²) in [6, 6.07) is 4.46. The van der Waals surface area contributed by atoms with Crippen LogP contribution in [-0.4, -0.2) is 31.6 Å². The lowest BCUT2D eigenvalue weighted by Crippen LogP contribution is -2.40. The lowest BCUT2D eigenvalue weighted by atomic mass is 10.1. The van der Waals surface area contributed by atoms with Crippen LogP contribution in [0.15, 0.2) is 18.2 Å². The summed E-state index contributed by atoms with van der Waals surface area (Å²) >= 11 is 5.94. The molecule has 0 spiro atoms. The van der Waals surface area contributed by atoms with Gasteiger partial charge in [0.05, 0.1) is 24.4 Å². The number of esters is 1. The van der Waals surface area contributed by atoms with Gasteiger partial charge < -0.3 is 15.4 Å². The van der Waals surface area contributed by atoms with Crippen molar-refractivity contribution < 1.29 is 14.3 Å². The fourth-order valence-electron chi connectivity index (χ4n) is 2.38. The fourth-order valence-corrected chi connectivity index (χ4v) is 2.55. The maximum Gasteiger partial charge on any atom is 0.339 e. The molecule has 2 N–H and O–H groups in total. The number of amides is 1. The SMILES string of the molecule is COC(=O)c1ccc(Cl)cc1NC(=O)C1CCCCCN1. The minimum Gasteiger partial charge on any atom is -0.465 e. The molecule has 1 saturated heterocycles. The Bertz CT molecular complexity index is 526. The predicted octanol–water partition coefficient (Wildman–Crippen LogP) is 2.60. The molecule has 0 aromatic heterocycles. The predicted molar refractivity (Wildman–Crippen MR) is 81.7 cm³/mol. The van der Waals surface area contributed by atoms with Crippen LogP contribution in [0.25, 0.3) is 0 Å². The Morgan fingerprint density at radius 1 is 1.33 bits per heavy atom. The zero-order valence-corrected chi connectivity index (χ0v) is 12.7. The van der Waals surface area contributed by atoms with E-state index in [2.05, 4.69) is 10.6 Å². The maximum absolute atomic E-state index is 12.3. The molecule has 0 aliphatic carbocycles. The van der Waals surface area contributed by atoms with Crippen molar-refractivity contribution in [3.05, 3.63) is 28.8 Å². The quantitative estimate of drug-likeness (QED) is 0.842. The van der Waals surface area contributed by atoms with Gasteiger partial charge >= 0.3 is 5.97 Å². The highest BCUT2D eigenvalue weighted by Gasteiger charge is 2.21. The minimum absolute atomic E-state index is 0.149. The molecule has 114 valence electrons. The van der Waals surface area contributed by atoms with Crippen LogP contribution in [0.5, 0.6) is 0 Å². The molecule has 5 nitrogen and oxygen atoms in total. The van der Waals surface area contributed by atoms with Crippen LogP contribution < -0.4 is 10.6 Å². The van der Waals surface area contributed by atoms with Crippen molar-refractivity contribution in [1.29, 1.82) is 0 Å². The Hall–Kier alpha value is -1.59. The fraction of sp³-hybridized carbons (Fsp3) is 0.467. The summed E-state index contributed by atoms with van der Waals surface area (Å²) in [4.78, 5) is 24.1. The molecule has 0 saturated carbocycles. The lowest BCUT2D eigenvalue weighted by Gasteiger charge is -2.17. The monoisotopic (exact) mass is 310 g/mol.